The normalized spacial score (nSPS) is 24.0. The van der Waals surface area contributed by atoms with Crippen molar-refractivity contribution in [3.05, 3.63) is 35.9 Å². The molecule has 3 rings (SSSR count). The first-order chi connectivity index (χ1) is 10.3. The van der Waals surface area contributed by atoms with Crippen molar-refractivity contribution < 1.29 is 9.53 Å². The number of nitrogens with zero attached hydrogens (tertiary/aromatic N) is 1. The number of benzene rings is 1. The third kappa shape index (κ3) is 3.63. The van der Waals surface area contributed by atoms with Gasteiger partial charge in [0.25, 0.3) is 0 Å². The molecule has 0 aromatic heterocycles. The summed E-state index contributed by atoms with van der Waals surface area (Å²) >= 11 is 0. The molecule has 0 bridgehead atoms. The second-order valence-electron chi connectivity index (χ2n) is 5.92. The van der Waals surface area contributed by atoms with Crippen LogP contribution in [-0.2, 0) is 9.53 Å². The van der Waals surface area contributed by atoms with Crippen LogP contribution in [-0.4, -0.2) is 49.7 Å². The van der Waals surface area contributed by atoms with Crippen LogP contribution in [0.4, 0.5) is 0 Å². The molecule has 4 nitrogen and oxygen atoms in total. The van der Waals surface area contributed by atoms with Crippen LogP contribution >= 0.6 is 0 Å². The number of carbonyl (C=O) groups excluding carboxylic acids is 1. The summed E-state index contributed by atoms with van der Waals surface area (Å²) in [4.78, 5) is 14.5. The average Bonchev–Trinajstić information content (AvgIpc) is 3.08. The van der Waals surface area contributed by atoms with Gasteiger partial charge >= 0.3 is 0 Å². The molecule has 2 aliphatic heterocycles. The lowest BCUT2D eigenvalue weighted by molar-refractivity contribution is -0.135. The van der Waals surface area contributed by atoms with Gasteiger partial charge in [-0.05, 0) is 24.9 Å². The lowest BCUT2D eigenvalue weighted by atomic mass is 9.87. The van der Waals surface area contributed by atoms with Crippen molar-refractivity contribution in [2.45, 2.75) is 31.2 Å². The van der Waals surface area contributed by atoms with E-state index in [-0.39, 0.29) is 11.8 Å². The number of nitrogens with one attached hydrogen (secondary N) is 1. The molecular formula is C17H24N2O2. The Hall–Kier alpha value is -1.39. The van der Waals surface area contributed by atoms with Crippen molar-refractivity contribution in [1.29, 1.82) is 0 Å². The molecule has 1 amide bonds. The van der Waals surface area contributed by atoms with E-state index in [1.165, 1.54) is 12.0 Å². The largest absolute Gasteiger partial charge is 0.378 e. The van der Waals surface area contributed by atoms with Crippen molar-refractivity contribution in [2.24, 2.45) is 0 Å². The predicted molar refractivity (Wildman–Crippen MR) is 82.2 cm³/mol. The Kier molecular flexibility index (Phi) is 4.88. The van der Waals surface area contributed by atoms with E-state index in [0.29, 0.717) is 25.7 Å². The van der Waals surface area contributed by atoms with Gasteiger partial charge in [-0.3, -0.25) is 4.79 Å². The van der Waals surface area contributed by atoms with Gasteiger partial charge < -0.3 is 15.0 Å². The highest BCUT2D eigenvalue weighted by molar-refractivity contribution is 5.77. The van der Waals surface area contributed by atoms with Gasteiger partial charge in [0.15, 0.2) is 0 Å². The molecule has 1 aromatic rings. The number of hydrogen-bond donors (Lipinski definition) is 1. The topological polar surface area (TPSA) is 41.6 Å². The van der Waals surface area contributed by atoms with Crippen molar-refractivity contribution in [2.75, 3.05) is 32.8 Å². The summed E-state index contributed by atoms with van der Waals surface area (Å²) in [5.41, 5.74) is 1.28. The van der Waals surface area contributed by atoms with Gasteiger partial charge in [0.1, 0.15) is 0 Å². The van der Waals surface area contributed by atoms with Crippen LogP contribution in [0.25, 0.3) is 0 Å². The molecule has 0 radical (unpaired) electrons. The summed E-state index contributed by atoms with van der Waals surface area (Å²) in [6.07, 6.45) is 2.97. The van der Waals surface area contributed by atoms with Crippen molar-refractivity contribution in [3.8, 4) is 0 Å². The molecule has 2 unspecified atom stereocenters. The van der Waals surface area contributed by atoms with E-state index in [0.717, 1.165) is 26.1 Å². The van der Waals surface area contributed by atoms with Crippen LogP contribution in [0.5, 0.6) is 0 Å². The Morgan fingerprint density at radius 2 is 2.05 bits per heavy atom. The molecule has 2 heterocycles. The Bertz CT molecular complexity index is 451. The zero-order valence-corrected chi connectivity index (χ0v) is 12.5. The highest BCUT2D eigenvalue weighted by atomic mass is 16.5. The number of morpholine rings is 1. The Labute approximate surface area is 126 Å². The van der Waals surface area contributed by atoms with Gasteiger partial charge in [-0.25, -0.2) is 0 Å². The van der Waals surface area contributed by atoms with E-state index in [2.05, 4.69) is 29.6 Å². The number of ether oxygens (including phenoxy) is 1. The second kappa shape index (κ2) is 7.05. The monoisotopic (exact) mass is 288 g/mol. The van der Waals surface area contributed by atoms with E-state index < -0.39 is 0 Å². The van der Waals surface area contributed by atoms with E-state index in [4.69, 9.17) is 4.74 Å². The zero-order valence-electron chi connectivity index (χ0n) is 12.5. The minimum absolute atomic E-state index is 0.265. The molecule has 21 heavy (non-hydrogen) atoms. The fourth-order valence-corrected chi connectivity index (χ4v) is 3.38. The minimum atomic E-state index is 0.265. The number of amides is 1. The first-order valence-corrected chi connectivity index (χ1v) is 7.98. The standard InChI is InChI=1S/C17H24N2O2/c20-17(19-9-11-21-12-10-19)13-15(16-7-4-8-18-16)14-5-2-1-3-6-14/h1-3,5-6,15-16,18H,4,7-13H2. The SMILES string of the molecule is O=C(CC(c1ccccc1)C1CCCN1)N1CCOCC1. The third-order valence-electron chi connectivity index (χ3n) is 4.57. The smallest absolute Gasteiger partial charge is 0.223 e. The summed E-state index contributed by atoms with van der Waals surface area (Å²) < 4.78 is 5.33. The summed E-state index contributed by atoms with van der Waals surface area (Å²) in [6.45, 7) is 3.88. The first kappa shape index (κ1) is 14.5. The zero-order chi connectivity index (χ0) is 14.5. The molecule has 2 aliphatic rings. The molecule has 4 heteroatoms. The maximum absolute atomic E-state index is 12.6. The lowest BCUT2D eigenvalue weighted by Gasteiger charge is -2.30. The van der Waals surface area contributed by atoms with Gasteiger partial charge in [-0.15, -0.1) is 0 Å². The van der Waals surface area contributed by atoms with Crippen LogP contribution in [0.2, 0.25) is 0 Å². The van der Waals surface area contributed by atoms with E-state index in [9.17, 15) is 4.79 Å². The molecule has 2 fully saturated rings. The molecule has 1 aromatic carbocycles. The van der Waals surface area contributed by atoms with Gasteiger partial charge in [0.2, 0.25) is 5.91 Å². The highest BCUT2D eigenvalue weighted by Crippen LogP contribution is 2.29. The minimum Gasteiger partial charge on any atom is -0.378 e. The second-order valence-corrected chi connectivity index (χ2v) is 5.92. The average molecular weight is 288 g/mol. The molecular weight excluding hydrogens is 264 g/mol. The molecule has 2 atom stereocenters. The van der Waals surface area contributed by atoms with Crippen molar-refractivity contribution in [3.63, 3.8) is 0 Å². The molecule has 0 saturated carbocycles. The summed E-state index contributed by atoms with van der Waals surface area (Å²) in [5, 5.41) is 3.57. The van der Waals surface area contributed by atoms with Crippen molar-refractivity contribution >= 4 is 5.91 Å². The fraction of sp³-hybridized carbons (Fsp3) is 0.588. The number of rotatable bonds is 4. The number of carbonyl (C=O) groups is 1. The summed E-state index contributed by atoms with van der Waals surface area (Å²) in [6, 6.07) is 10.9. The van der Waals surface area contributed by atoms with Crippen LogP contribution < -0.4 is 5.32 Å². The van der Waals surface area contributed by atoms with E-state index in [1.54, 1.807) is 0 Å². The molecule has 2 saturated heterocycles. The Morgan fingerprint density at radius 1 is 1.29 bits per heavy atom. The Balaban J connectivity index is 1.71. The van der Waals surface area contributed by atoms with Gasteiger partial charge in [-0.1, -0.05) is 30.3 Å². The van der Waals surface area contributed by atoms with Crippen LogP contribution in [0.1, 0.15) is 30.7 Å². The fourth-order valence-electron chi connectivity index (χ4n) is 3.38. The summed E-state index contributed by atoms with van der Waals surface area (Å²) in [7, 11) is 0. The maximum Gasteiger partial charge on any atom is 0.223 e. The first-order valence-electron chi connectivity index (χ1n) is 7.98. The van der Waals surface area contributed by atoms with Crippen LogP contribution in [0.15, 0.2) is 30.3 Å². The van der Waals surface area contributed by atoms with E-state index >= 15 is 0 Å². The van der Waals surface area contributed by atoms with Gasteiger partial charge in [0.05, 0.1) is 13.2 Å². The molecule has 0 aliphatic carbocycles. The number of hydrogen-bond acceptors (Lipinski definition) is 3. The highest BCUT2D eigenvalue weighted by Gasteiger charge is 2.29. The van der Waals surface area contributed by atoms with Crippen molar-refractivity contribution in [1.82, 2.24) is 10.2 Å². The quantitative estimate of drug-likeness (QED) is 0.918. The summed E-state index contributed by atoms with van der Waals surface area (Å²) in [5.74, 6) is 0.546. The Morgan fingerprint density at radius 3 is 2.71 bits per heavy atom. The third-order valence-corrected chi connectivity index (χ3v) is 4.57. The van der Waals surface area contributed by atoms with E-state index in [1.807, 2.05) is 11.0 Å². The lowest BCUT2D eigenvalue weighted by Crippen LogP contribution is -2.42. The molecule has 1 N–H and O–H groups in total. The van der Waals surface area contributed by atoms with Crippen LogP contribution in [0, 0.1) is 0 Å². The molecule has 114 valence electrons. The predicted octanol–water partition coefficient (Wildman–Crippen LogP) is 1.77. The molecule has 0 spiro atoms. The van der Waals surface area contributed by atoms with Gasteiger partial charge in [0, 0.05) is 31.5 Å². The van der Waals surface area contributed by atoms with Crippen LogP contribution in [0.3, 0.4) is 0 Å². The maximum atomic E-state index is 12.6. The van der Waals surface area contributed by atoms with Gasteiger partial charge in [-0.2, -0.15) is 0 Å².